The van der Waals surface area contributed by atoms with E-state index >= 15 is 0 Å². The molecule has 0 fully saturated rings. The Labute approximate surface area is 85.7 Å². The minimum absolute atomic E-state index is 0.534. The van der Waals surface area contributed by atoms with Crippen LogP contribution in [-0.2, 0) is 17.9 Å². The first-order valence-electron chi connectivity index (χ1n) is 4.23. The molecular weight excluding hydrogens is 230 g/mol. The lowest BCUT2D eigenvalue weighted by molar-refractivity contribution is -0.108. The number of benzene rings is 1. The second-order valence-electron chi connectivity index (χ2n) is 3.25. The first-order valence-corrected chi connectivity index (χ1v) is 5.02. The molecule has 68 valence electrons. The number of fused-ring (bicyclic) bond motifs is 1. The van der Waals surface area contributed by atoms with Crippen molar-refractivity contribution in [3.05, 3.63) is 33.8 Å². The number of hydrogen-bond donors (Lipinski definition) is 0. The Bertz CT molecular complexity index is 338. The van der Waals surface area contributed by atoms with E-state index in [9.17, 15) is 4.79 Å². The predicted molar refractivity (Wildman–Crippen MR) is 54.3 cm³/mol. The normalized spacial score (nSPS) is 15.8. The van der Waals surface area contributed by atoms with Crippen molar-refractivity contribution < 1.29 is 4.79 Å². The van der Waals surface area contributed by atoms with Crippen LogP contribution in [0.4, 0.5) is 0 Å². The fourth-order valence-corrected chi connectivity index (χ4v) is 2.08. The van der Waals surface area contributed by atoms with E-state index in [0.29, 0.717) is 6.54 Å². The zero-order valence-corrected chi connectivity index (χ0v) is 8.75. The molecule has 0 spiro atoms. The lowest BCUT2D eigenvalue weighted by Gasteiger charge is -2.08. The Kier molecular flexibility index (Phi) is 2.47. The second-order valence-corrected chi connectivity index (χ2v) is 4.16. The lowest BCUT2D eigenvalue weighted by Crippen LogP contribution is -2.18. The molecular formula is C10H10BrNO. The van der Waals surface area contributed by atoms with Crippen LogP contribution < -0.4 is 0 Å². The molecule has 1 aromatic rings. The Balaban J connectivity index is 2.20. The Morgan fingerprint density at radius 3 is 2.92 bits per heavy atom. The molecule has 0 saturated carbocycles. The summed E-state index contributed by atoms with van der Waals surface area (Å²) in [4.78, 5) is 12.5. The van der Waals surface area contributed by atoms with E-state index in [1.807, 2.05) is 6.07 Å². The van der Waals surface area contributed by atoms with Gasteiger partial charge in [-0.15, -0.1) is 0 Å². The third kappa shape index (κ3) is 1.81. The van der Waals surface area contributed by atoms with Crippen molar-refractivity contribution in [1.29, 1.82) is 0 Å². The molecule has 0 radical (unpaired) electrons. The maximum absolute atomic E-state index is 10.3. The first-order chi connectivity index (χ1) is 6.29. The number of carbonyl (C=O) groups is 1. The van der Waals surface area contributed by atoms with Crippen LogP contribution in [0.3, 0.4) is 0 Å². The van der Waals surface area contributed by atoms with E-state index in [1.165, 1.54) is 11.1 Å². The topological polar surface area (TPSA) is 20.3 Å². The zero-order chi connectivity index (χ0) is 9.26. The number of aldehydes is 1. The van der Waals surface area contributed by atoms with Crippen molar-refractivity contribution in [3.63, 3.8) is 0 Å². The van der Waals surface area contributed by atoms with Gasteiger partial charge in [0.2, 0.25) is 0 Å². The number of halogens is 1. The summed E-state index contributed by atoms with van der Waals surface area (Å²) in [6.45, 7) is 2.33. The molecule has 0 bridgehead atoms. The highest BCUT2D eigenvalue weighted by Crippen LogP contribution is 2.25. The number of rotatable bonds is 2. The molecule has 2 nitrogen and oxygen atoms in total. The van der Waals surface area contributed by atoms with Crippen LogP contribution in [0.15, 0.2) is 22.7 Å². The second kappa shape index (κ2) is 3.60. The summed E-state index contributed by atoms with van der Waals surface area (Å²) in [5, 5.41) is 0. The molecule has 1 heterocycles. The molecule has 3 heteroatoms. The number of carbonyl (C=O) groups excluding carboxylic acids is 1. The lowest BCUT2D eigenvalue weighted by atomic mass is 10.1. The van der Waals surface area contributed by atoms with E-state index in [2.05, 4.69) is 33.0 Å². The highest BCUT2D eigenvalue weighted by Gasteiger charge is 2.17. The summed E-state index contributed by atoms with van der Waals surface area (Å²) in [6, 6.07) is 6.29. The average Bonchev–Trinajstić information content (AvgIpc) is 2.46. The summed E-state index contributed by atoms with van der Waals surface area (Å²) in [5.41, 5.74) is 2.67. The molecule has 1 aliphatic heterocycles. The van der Waals surface area contributed by atoms with Crippen molar-refractivity contribution in [2.75, 3.05) is 6.54 Å². The third-order valence-corrected chi connectivity index (χ3v) is 2.78. The van der Waals surface area contributed by atoms with Crippen LogP contribution in [-0.4, -0.2) is 17.7 Å². The minimum atomic E-state index is 0.534. The van der Waals surface area contributed by atoms with Gasteiger partial charge < -0.3 is 4.79 Å². The van der Waals surface area contributed by atoms with E-state index in [-0.39, 0.29) is 0 Å². The van der Waals surface area contributed by atoms with Crippen LogP contribution in [0.25, 0.3) is 0 Å². The van der Waals surface area contributed by atoms with Gasteiger partial charge in [0, 0.05) is 17.6 Å². The molecule has 0 saturated heterocycles. The van der Waals surface area contributed by atoms with Crippen molar-refractivity contribution in [3.8, 4) is 0 Å². The number of nitrogens with zero attached hydrogens (tertiary/aromatic N) is 1. The Morgan fingerprint density at radius 2 is 2.15 bits per heavy atom. The van der Waals surface area contributed by atoms with Crippen molar-refractivity contribution in [1.82, 2.24) is 4.90 Å². The summed E-state index contributed by atoms with van der Waals surface area (Å²) in [6.07, 6.45) is 0.959. The van der Waals surface area contributed by atoms with Crippen LogP contribution in [0.5, 0.6) is 0 Å². The van der Waals surface area contributed by atoms with Gasteiger partial charge in [0.15, 0.2) is 0 Å². The maximum atomic E-state index is 10.3. The fourth-order valence-electron chi connectivity index (χ4n) is 1.67. The standard InChI is InChI=1S/C10H10BrNO/c11-10-2-1-8-6-12(3-4-13)7-9(8)5-10/h1-2,4-5H,3,6-7H2. The van der Waals surface area contributed by atoms with Crippen molar-refractivity contribution in [2.45, 2.75) is 13.1 Å². The summed E-state index contributed by atoms with van der Waals surface area (Å²) >= 11 is 3.44. The molecule has 0 amide bonds. The van der Waals surface area contributed by atoms with Gasteiger partial charge in [-0.2, -0.15) is 0 Å². The van der Waals surface area contributed by atoms with E-state index in [0.717, 1.165) is 23.8 Å². The minimum Gasteiger partial charge on any atom is -0.302 e. The van der Waals surface area contributed by atoms with Gasteiger partial charge >= 0.3 is 0 Å². The average molecular weight is 240 g/mol. The highest BCUT2D eigenvalue weighted by molar-refractivity contribution is 9.10. The molecule has 0 aromatic heterocycles. The van der Waals surface area contributed by atoms with E-state index in [4.69, 9.17) is 0 Å². The maximum Gasteiger partial charge on any atom is 0.134 e. The zero-order valence-electron chi connectivity index (χ0n) is 7.16. The van der Waals surface area contributed by atoms with E-state index < -0.39 is 0 Å². The quantitative estimate of drug-likeness (QED) is 0.736. The van der Waals surface area contributed by atoms with Crippen LogP contribution in [0, 0.1) is 0 Å². The number of hydrogen-bond acceptors (Lipinski definition) is 2. The summed E-state index contributed by atoms with van der Waals surface area (Å²) in [5.74, 6) is 0. The van der Waals surface area contributed by atoms with Crippen molar-refractivity contribution in [2.24, 2.45) is 0 Å². The molecule has 1 aliphatic rings. The summed E-state index contributed by atoms with van der Waals surface area (Å²) < 4.78 is 1.11. The van der Waals surface area contributed by atoms with Gasteiger partial charge in [-0.25, -0.2) is 0 Å². The molecule has 0 atom stereocenters. The summed E-state index contributed by atoms with van der Waals surface area (Å²) in [7, 11) is 0. The van der Waals surface area contributed by atoms with Gasteiger partial charge in [0.05, 0.1) is 6.54 Å². The molecule has 0 N–H and O–H groups in total. The van der Waals surface area contributed by atoms with Crippen LogP contribution in [0.1, 0.15) is 11.1 Å². The van der Waals surface area contributed by atoms with E-state index in [1.54, 1.807) is 0 Å². The van der Waals surface area contributed by atoms with Gasteiger partial charge in [-0.1, -0.05) is 22.0 Å². The van der Waals surface area contributed by atoms with Crippen LogP contribution >= 0.6 is 15.9 Å². The molecule has 1 aromatic carbocycles. The van der Waals surface area contributed by atoms with Gasteiger partial charge in [0.25, 0.3) is 0 Å². The highest BCUT2D eigenvalue weighted by atomic mass is 79.9. The Morgan fingerprint density at radius 1 is 1.38 bits per heavy atom. The SMILES string of the molecule is O=CCN1Cc2ccc(Br)cc2C1. The third-order valence-electron chi connectivity index (χ3n) is 2.29. The first kappa shape index (κ1) is 8.91. The van der Waals surface area contributed by atoms with Gasteiger partial charge in [-0.05, 0) is 23.3 Å². The predicted octanol–water partition coefficient (Wildman–Crippen LogP) is 1.96. The van der Waals surface area contributed by atoms with Gasteiger partial charge in [-0.3, -0.25) is 4.90 Å². The molecule has 13 heavy (non-hydrogen) atoms. The van der Waals surface area contributed by atoms with Crippen molar-refractivity contribution >= 4 is 22.2 Å². The smallest absolute Gasteiger partial charge is 0.134 e. The fraction of sp³-hybridized carbons (Fsp3) is 0.300. The monoisotopic (exact) mass is 239 g/mol. The van der Waals surface area contributed by atoms with Gasteiger partial charge in [0.1, 0.15) is 6.29 Å². The Hall–Kier alpha value is -0.670. The van der Waals surface area contributed by atoms with Crippen LogP contribution in [0.2, 0.25) is 0 Å². The molecule has 0 unspecified atom stereocenters. The molecule has 2 rings (SSSR count). The largest absolute Gasteiger partial charge is 0.302 e. The molecule has 0 aliphatic carbocycles.